The maximum absolute atomic E-state index is 7.08. The number of benzene rings is 7. The van der Waals surface area contributed by atoms with Gasteiger partial charge in [0.05, 0.1) is 0 Å². The van der Waals surface area contributed by atoms with Gasteiger partial charge in [-0.1, -0.05) is 109 Å². The number of rotatable bonds is 5. The monoisotopic (exact) mass is 821 g/mol. The lowest BCUT2D eigenvalue weighted by Gasteiger charge is -2.29. The predicted molar refractivity (Wildman–Crippen MR) is 324 cm³/mol. The van der Waals surface area contributed by atoms with E-state index >= 15 is 0 Å². The van der Waals surface area contributed by atoms with Crippen molar-refractivity contribution in [3.05, 3.63) is 72.8 Å². The molecule has 0 amide bonds. The number of hydrogen-bond acceptors (Lipinski definition) is 5. The van der Waals surface area contributed by atoms with Crippen LogP contribution >= 0.6 is 0 Å². The molecule has 0 saturated heterocycles. The Morgan fingerprint density at radius 1 is 0.292 bits per heavy atom. The molecule has 0 aliphatic heterocycles. The van der Waals surface area contributed by atoms with Gasteiger partial charge >= 0.3 is 0 Å². The van der Waals surface area contributed by atoms with Crippen LogP contribution in [-0.4, -0.2) is 133 Å². The summed E-state index contributed by atoms with van der Waals surface area (Å²) < 4.78 is 13.5. The lowest BCUT2D eigenvalue weighted by atomic mass is 9.56. The first-order chi connectivity index (χ1) is 31.0. The summed E-state index contributed by atoms with van der Waals surface area (Å²) in [6.07, 6.45) is 0. The molecule has 0 saturated carbocycles. The molecule has 0 atom stereocenters. The van der Waals surface area contributed by atoms with Crippen LogP contribution in [0.15, 0.2) is 81.6 Å². The summed E-state index contributed by atoms with van der Waals surface area (Å²) in [4.78, 5) is 16.1. The molecule has 10 rings (SSSR count). The van der Waals surface area contributed by atoms with Crippen molar-refractivity contribution in [2.75, 3.05) is 0 Å². The lowest BCUT2D eigenvalue weighted by Crippen LogP contribution is -2.56. The second-order valence-corrected chi connectivity index (χ2v) is 18.7. The Bertz CT molecular complexity index is 3710. The van der Waals surface area contributed by atoms with Gasteiger partial charge in [-0.15, -0.1) is 21.9 Å². The smallest absolute Gasteiger partial charge is 0.164 e. The average molecular weight is 819 g/mol. The van der Waals surface area contributed by atoms with E-state index in [1.807, 2.05) is 30.3 Å². The van der Waals surface area contributed by atoms with Gasteiger partial charge in [0.1, 0.15) is 140 Å². The highest BCUT2D eigenvalue weighted by molar-refractivity contribution is 6.72. The molecule has 0 spiro atoms. The van der Waals surface area contributed by atoms with Crippen molar-refractivity contribution < 1.29 is 8.83 Å². The van der Waals surface area contributed by atoms with E-state index in [9.17, 15) is 0 Å². The number of hydrogen-bond donors (Lipinski definition) is 0. The molecule has 0 unspecified atom stereocenters. The van der Waals surface area contributed by atoms with E-state index in [1.165, 1.54) is 98.6 Å². The fraction of sp³-hybridized carbons (Fsp3) is 0. The van der Waals surface area contributed by atoms with Gasteiger partial charge in [0.15, 0.2) is 17.5 Å². The first-order valence-corrected chi connectivity index (χ1v) is 22.9. The van der Waals surface area contributed by atoms with Crippen LogP contribution in [0.5, 0.6) is 0 Å². The topological polar surface area (TPSA) is 65.0 Å². The molecule has 294 valence electrons. The third-order valence-corrected chi connectivity index (χ3v) is 15.6. The van der Waals surface area contributed by atoms with E-state index in [4.69, 9.17) is 23.8 Å². The second kappa shape index (κ2) is 15.6. The van der Waals surface area contributed by atoms with Gasteiger partial charge in [-0.3, -0.25) is 0 Å². The zero-order valence-corrected chi connectivity index (χ0v) is 40.6. The fourth-order valence-corrected chi connectivity index (χ4v) is 11.1. The first kappa shape index (κ1) is 43.0. The number of nitrogens with zero attached hydrogens (tertiary/aromatic N) is 3. The van der Waals surface area contributed by atoms with E-state index < -0.39 is 0 Å². The maximum Gasteiger partial charge on any atom is 0.164 e. The standard InChI is InChI=1S/C45H42B15N3O2/c46-26-19(21-30(50)35(55)38(58)36(56)31(21)51)27(47)25(28(48)20(26)22-29(49)32(52)23-24-33(53)37(57)39(59)40(60)42(24)65-41(23)34(22)54)45-62-43(13-6-2-1-3-7-13)61-44(63-45)14-10-11-16-15-8-4-5-9-17(15)64-18(16)12-14/h1-12H,46-60H2. The molecule has 3 heterocycles. The van der Waals surface area contributed by atoms with Crippen LogP contribution in [0.25, 0.3) is 100 Å². The summed E-state index contributed by atoms with van der Waals surface area (Å²) in [6.45, 7) is 0. The minimum Gasteiger partial charge on any atom is -0.457 e. The summed E-state index contributed by atoms with van der Waals surface area (Å²) in [7, 11) is 34.0. The molecule has 0 radical (unpaired) electrons. The van der Waals surface area contributed by atoms with Gasteiger partial charge in [0.25, 0.3) is 0 Å². The summed E-state index contributed by atoms with van der Waals surface area (Å²) >= 11 is 0. The molecule has 0 aliphatic rings. The van der Waals surface area contributed by atoms with E-state index in [-0.39, 0.29) is 0 Å². The number of aromatic nitrogens is 3. The number of fused-ring (bicyclic) bond motifs is 6. The highest BCUT2D eigenvalue weighted by Gasteiger charge is 2.29. The van der Waals surface area contributed by atoms with Crippen molar-refractivity contribution >= 4 is 244 Å². The highest BCUT2D eigenvalue weighted by Crippen LogP contribution is 2.33. The Hall–Kier alpha value is -5.88. The third-order valence-electron chi connectivity index (χ3n) is 15.6. The Labute approximate surface area is 394 Å². The zero-order valence-electron chi connectivity index (χ0n) is 40.6. The summed E-state index contributed by atoms with van der Waals surface area (Å²) in [6, 6.07) is 24.8. The van der Waals surface area contributed by atoms with Crippen LogP contribution in [0.1, 0.15) is 0 Å². The van der Waals surface area contributed by atoms with Crippen molar-refractivity contribution in [1.29, 1.82) is 0 Å². The Morgan fingerprint density at radius 3 is 1.37 bits per heavy atom. The quantitative estimate of drug-likeness (QED) is 0.162. The lowest BCUT2D eigenvalue weighted by molar-refractivity contribution is 0.669. The summed E-state index contributed by atoms with van der Waals surface area (Å²) in [5.74, 6) is 1.85. The minimum atomic E-state index is 0.594. The highest BCUT2D eigenvalue weighted by atomic mass is 16.3. The van der Waals surface area contributed by atoms with Crippen LogP contribution in [0.2, 0.25) is 0 Å². The number of furan rings is 2. The second-order valence-electron chi connectivity index (χ2n) is 18.7. The molecular formula is C45H42B15N3O2. The molecule has 5 nitrogen and oxygen atoms in total. The van der Waals surface area contributed by atoms with Gasteiger partial charge in [0.2, 0.25) is 0 Å². The van der Waals surface area contributed by atoms with Gasteiger partial charge in [0, 0.05) is 38.2 Å². The van der Waals surface area contributed by atoms with Crippen molar-refractivity contribution in [2.24, 2.45) is 0 Å². The van der Waals surface area contributed by atoms with E-state index in [0.717, 1.165) is 66.2 Å². The molecule has 0 bridgehead atoms. The summed E-state index contributed by atoms with van der Waals surface area (Å²) in [5, 5.41) is 4.61. The van der Waals surface area contributed by atoms with Crippen molar-refractivity contribution in [3.63, 3.8) is 0 Å². The first-order valence-electron chi connectivity index (χ1n) is 22.9. The molecule has 3 aromatic heterocycles. The van der Waals surface area contributed by atoms with E-state index in [0.29, 0.717) is 17.5 Å². The average Bonchev–Trinajstić information content (AvgIpc) is 3.90. The van der Waals surface area contributed by atoms with E-state index in [1.54, 1.807) is 0 Å². The van der Waals surface area contributed by atoms with Crippen molar-refractivity contribution in [1.82, 2.24) is 15.0 Å². The Kier molecular flexibility index (Phi) is 10.4. The summed E-state index contributed by atoms with van der Waals surface area (Å²) in [5.41, 5.74) is 30.2. The van der Waals surface area contributed by atoms with Crippen molar-refractivity contribution in [3.8, 4) is 56.4 Å². The van der Waals surface area contributed by atoms with Crippen LogP contribution in [0.4, 0.5) is 0 Å². The molecule has 7 aromatic carbocycles. The molecule has 65 heavy (non-hydrogen) atoms. The Balaban J connectivity index is 1.34. The Morgan fingerprint density at radius 2 is 0.723 bits per heavy atom. The van der Waals surface area contributed by atoms with Gasteiger partial charge in [-0.05, 0) is 45.9 Å². The molecule has 0 fully saturated rings. The molecule has 20 heteroatoms. The van der Waals surface area contributed by atoms with E-state index in [2.05, 4.69) is 160 Å². The fourth-order valence-electron chi connectivity index (χ4n) is 11.1. The van der Waals surface area contributed by atoms with Crippen LogP contribution in [0, 0.1) is 0 Å². The predicted octanol–water partition coefficient (Wildman–Crippen LogP) is -14.1. The largest absolute Gasteiger partial charge is 0.457 e. The molecule has 0 N–H and O–H groups in total. The van der Waals surface area contributed by atoms with Crippen LogP contribution in [-0.2, 0) is 0 Å². The van der Waals surface area contributed by atoms with Gasteiger partial charge in [-0.25, -0.2) is 15.0 Å². The SMILES string of the molecule is Bc1c(B)c(B)c(-c2c(B)c(-c3nc(-c4ccccc4)nc(-c4ccc5c(c4)oc4ccccc45)n3)c(B)c(-c3c(B)c(B)c4c(oc5c(B)c(B)c(B)c(B)c54)c3B)c2B)c(B)c1B. The molecule has 0 aliphatic carbocycles. The molecular weight excluding hydrogens is 777 g/mol. The van der Waals surface area contributed by atoms with Crippen LogP contribution < -0.4 is 81.9 Å². The van der Waals surface area contributed by atoms with Crippen molar-refractivity contribution in [2.45, 2.75) is 0 Å². The third kappa shape index (κ3) is 6.33. The van der Waals surface area contributed by atoms with Gasteiger partial charge < -0.3 is 8.83 Å². The minimum absolute atomic E-state index is 0.594. The maximum atomic E-state index is 7.08. The normalized spacial score (nSPS) is 11.7. The zero-order chi connectivity index (χ0) is 46.1. The van der Waals surface area contributed by atoms with Crippen LogP contribution in [0.3, 0.4) is 0 Å². The molecule has 10 aromatic rings. The number of para-hydroxylation sites is 1. The van der Waals surface area contributed by atoms with Gasteiger partial charge in [-0.2, -0.15) is 0 Å².